The fourth-order valence-electron chi connectivity index (χ4n) is 4.41. The summed E-state index contributed by atoms with van der Waals surface area (Å²) in [6.07, 6.45) is 0.312. The Kier molecular flexibility index (Phi) is 5.98. The average molecular weight is 508 g/mol. The van der Waals surface area contributed by atoms with E-state index in [0.717, 1.165) is 47.9 Å². The summed E-state index contributed by atoms with van der Waals surface area (Å²) in [6.45, 7) is 1.86. The summed E-state index contributed by atoms with van der Waals surface area (Å²) < 4.78 is 39.2. The molecule has 0 saturated carbocycles. The van der Waals surface area contributed by atoms with Crippen LogP contribution < -0.4 is 5.32 Å². The van der Waals surface area contributed by atoms with Crippen molar-refractivity contribution in [2.75, 3.05) is 5.32 Å². The third-order valence-electron chi connectivity index (χ3n) is 6.09. The lowest BCUT2D eigenvalue weighted by atomic mass is 9.79. The maximum absolute atomic E-state index is 13.1. The first-order valence-electron chi connectivity index (χ1n) is 11.2. The zero-order valence-corrected chi connectivity index (χ0v) is 19.9. The summed E-state index contributed by atoms with van der Waals surface area (Å²) in [5, 5.41) is 24.2. The molecule has 3 aromatic heterocycles. The van der Waals surface area contributed by atoms with Crippen LogP contribution in [0.2, 0.25) is 0 Å². The van der Waals surface area contributed by atoms with Crippen molar-refractivity contribution in [3.63, 3.8) is 0 Å². The van der Waals surface area contributed by atoms with Crippen molar-refractivity contribution in [1.29, 1.82) is 5.26 Å². The molecule has 3 heterocycles. The number of anilines is 2. The number of aromatic nitrogens is 3. The van der Waals surface area contributed by atoms with Crippen molar-refractivity contribution < 1.29 is 18.3 Å². The van der Waals surface area contributed by atoms with Crippen LogP contribution >= 0.6 is 11.3 Å². The fourth-order valence-corrected chi connectivity index (χ4v) is 5.42. The summed E-state index contributed by atoms with van der Waals surface area (Å²) in [7, 11) is 0. The van der Waals surface area contributed by atoms with E-state index in [1.54, 1.807) is 24.4 Å². The lowest BCUT2D eigenvalue weighted by Crippen LogP contribution is -2.31. The Balaban J connectivity index is 1.46. The number of alkyl halides is 3. The van der Waals surface area contributed by atoms with E-state index in [9.17, 15) is 23.5 Å². The first-order chi connectivity index (χ1) is 17.2. The van der Waals surface area contributed by atoms with Crippen LogP contribution in [0.4, 0.5) is 24.8 Å². The number of nitrogens with zero attached hydrogens (tertiary/aromatic N) is 4. The van der Waals surface area contributed by atoms with Gasteiger partial charge in [-0.15, -0.1) is 11.3 Å². The smallest absolute Gasteiger partial charge is 0.378 e. The minimum absolute atomic E-state index is 0.0312. The highest BCUT2D eigenvalue weighted by Crippen LogP contribution is 2.43. The van der Waals surface area contributed by atoms with Crippen LogP contribution in [0.5, 0.6) is 0 Å². The van der Waals surface area contributed by atoms with E-state index in [1.165, 1.54) is 11.3 Å². The molecule has 1 aromatic carbocycles. The number of pyridine rings is 2. The predicted molar refractivity (Wildman–Crippen MR) is 130 cm³/mol. The van der Waals surface area contributed by atoms with Crippen LogP contribution in [0.25, 0.3) is 10.6 Å². The molecule has 36 heavy (non-hydrogen) atoms. The van der Waals surface area contributed by atoms with Gasteiger partial charge in [0, 0.05) is 12.4 Å². The maximum atomic E-state index is 13.1. The first-order valence-corrected chi connectivity index (χ1v) is 12.0. The third-order valence-corrected chi connectivity index (χ3v) is 7.26. The van der Waals surface area contributed by atoms with Crippen LogP contribution in [0, 0.1) is 18.3 Å². The second-order valence-corrected chi connectivity index (χ2v) is 9.73. The number of aryl methyl sites for hydroxylation is 2. The highest BCUT2D eigenvalue weighted by Gasteiger charge is 2.39. The highest BCUT2D eigenvalue weighted by atomic mass is 32.1. The van der Waals surface area contributed by atoms with Crippen molar-refractivity contribution in [3.8, 4) is 16.6 Å². The van der Waals surface area contributed by atoms with Gasteiger partial charge in [-0.1, -0.05) is 6.07 Å². The molecule has 4 aromatic rings. The van der Waals surface area contributed by atoms with Gasteiger partial charge < -0.3 is 10.4 Å². The number of thiazole rings is 1. The van der Waals surface area contributed by atoms with Crippen molar-refractivity contribution in [2.24, 2.45) is 0 Å². The van der Waals surface area contributed by atoms with Crippen LogP contribution in [-0.4, -0.2) is 20.1 Å². The maximum Gasteiger partial charge on any atom is 0.416 e. The number of rotatable bonds is 4. The normalized spacial score (nSPS) is 17.3. The summed E-state index contributed by atoms with van der Waals surface area (Å²) in [6, 6.07) is 12.9. The molecule has 0 bridgehead atoms. The van der Waals surface area contributed by atoms with Crippen molar-refractivity contribution in [1.82, 2.24) is 15.0 Å². The quantitative estimate of drug-likeness (QED) is 0.346. The average Bonchev–Trinajstić information content (AvgIpc) is 3.35. The summed E-state index contributed by atoms with van der Waals surface area (Å²) >= 11 is 1.31. The van der Waals surface area contributed by atoms with Crippen molar-refractivity contribution in [3.05, 3.63) is 87.7 Å². The van der Waals surface area contributed by atoms with E-state index in [1.807, 2.05) is 19.1 Å². The number of hydrogen-bond donors (Lipinski definition) is 2. The molecule has 0 amide bonds. The molecule has 1 aliphatic rings. The number of fused-ring (bicyclic) bond motifs is 1. The molecule has 0 saturated heterocycles. The lowest BCUT2D eigenvalue weighted by Gasteiger charge is -2.32. The molecule has 6 nitrogen and oxygen atoms in total. The third kappa shape index (κ3) is 4.55. The van der Waals surface area contributed by atoms with Gasteiger partial charge in [0.25, 0.3) is 0 Å². The van der Waals surface area contributed by atoms with Crippen molar-refractivity contribution in [2.45, 2.75) is 38.0 Å². The van der Waals surface area contributed by atoms with Crippen LogP contribution in [0.1, 0.15) is 45.7 Å². The Bertz CT molecular complexity index is 1490. The van der Waals surface area contributed by atoms with Crippen molar-refractivity contribution >= 4 is 23.0 Å². The monoisotopic (exact) mass is 507 g/mol. The topological polar surface area (TPSA) is 94.7 Å². The molecular weight excluding hydrogens is 487 g/mol. The minimum atomic E-state index is -4.47. The summed E-state index contributed by atoms with van der Waals surface area (Å²) in [4.78, 5) is 13.8. The van der Waals surface area contributed by atoms with Gasteiger partial charge in [-0.3, -0.25) is 0 Å². The zero-order chi connectivity index (χ0) is 25.5. The zero-order valence-electron chi connectivity index (χ0n) is 19.1. The molecule has 0 spiro atoms. The Hall–Kier alpha value is -3.81. The van der Waals surface area contributed by atoms with E-state index in [0.29, 0.717) is 33.4 Å². The second kappa shape index (κ2) is 9.00. The van der Waals surface area contributed by atoms with Gasteiger partial charge in [0.2, 0.25) is 0 Å². The molecule has 10 heteroatoms. The molecule has 2 N–H and O–H groups in total. The molecule has 5 rings (SSSR count). The molecule has 1 aliphatic carbocycles. The molecule has 0 unspecified atom stereocenters. The number of nitrogens with one attached hydrogen (secondary N) is 1. The minimum Gasteiger partial charge on any atom is -0.378 e. The highest BCUT2D eigenvalue weighted by molar-refractivity contribution is 7.15. The van der Waals surface area contributed by atoms with Gasteiger partial charge in [0.05, 0.1) is 27.8 Å². The Labute approximate surface area is 209 Å². The first kappa shape index (κ1) is 23.9. The van der Waals surface area contributed by atoms with Gasteiger partial charge >= 0.3 is 6.18 Å². The van der Waals surface area contributed by atoms with E-state index in [2.05, 4.69) is 26.3 Å². The van der Waals surface area contributed by atoms with Gasteiger partial charge in [0.1, 0.15) is 22.2 Å². The summed E-state index contributed by atoms with van der Waals surface area (Å²) in [5.74, 6) is 0.376. The molecule has 182 valence electrons. The number of aliphatic hydroxyl groups is 1. The fraction of sp³-hybridized carbons (Fsp3) is 0.231. The van der Waals surface area contributed by atoms with Crippen LogP contribution in [0.3, 0.4) is 0 Å². The molecule has 0 aliphatic heterocycles. The Morgan fingerprint density at radius 3 is 2.72 bits per heavy atom. The van der Waals surface area contributed by atoms with E-state index in [4.69, 9.17) is 0 Å². The molecule has 1 atom stereocenters. The largest absolute Gasteiger partial charge is 0.416 e. The van der Waals surface area contributed by atoms with Gasteiger partial charge in [-0.05, 0) is 79.3 Å². The molecule has 0 fully saturated rings. The number of halogens is 3. The molecule has 0 radical (unpaired) electrons. The Morgan fingerprint density at radius 2 is 1.94 bits per heavy atom. The van der Waals surface area contributed by atoms with E-state index >= 15 is 0 Å². The van der Waals surface area contributed by atoms with Gasteiger partial charge in [-0.2, -0.15) is 18.4 Å². The number of nitriles is 1. The number of benzene rings is 1. The second-order valence-electron chi connectivity index (χ2n) is 8.69. The lowest BCUT2D eigenvalue weighted by molar-refractivity contribution is -0.137. The van der Waals surface area contributed by atoms with E-state index < -0.39 is 17.3 Å². The number of hydrogen-bond acceptors (Lipinski definition) is 7. The Morgan fingerprint density at radius 1 is 1.11 bits per heavy atom. The standard InChI is InChI=1S/C26H20F3N5OS/c1-15-9-20(33-23(10-15)34-22-12-18(6-8-31-22)26(27,28)29)21-14-32-24(36-21)25(35)7-2-3-17-11-16(13-30)4-5-19(17)25/h4-6,8-12,14,35H,2-3,7H2,1H3,(H,31,33,34)/t25-/m0/s1. The van der Waals surface area contributed by atoms with Crippen LogP contribution in [0.15, 0.2) is 54.9 Å². The van der Waals surface area contributed by atoms with Gasteiger partial charge in [-0.25, -0.2) is 15.0 Å². The predicted octanol–water partition coefficient (Wildman–Crippen LogP) is 6.11. The molecular formula is C26H20F3N5OS. The SMILES string of the molecule is Cc1cc(Nc2cc(C(F)(F)F)ccn2)nc(-c2cnc([C@]3(O)CCCc4cc(C#N)ccc43)s2)c1. The summed E-state index contributed by atoms with van der Waals surface area (Å²) in [5.41, 5.74) is 1.59. The van der Waals surface area contributed by atoms with Crippen LogP contribution in [-0.2, 0) is 18.2 Å². The van der Waals surface area contributed by atoms with E-state index in [-0.39, 0.29) is 5.82 Å². The van der Waals surface area contributed by atoms with Gasteiger partial charge in [0.15, 0.2) is 0 Å².